The van der Waals surface area contributed by atoms with Gasteiger partial charge in [0.25, 0.3) is 0 Å². The number of hydrogen-bond donors (Lipinski definition) is 1. The molecule has 80 valence electrons. The van der Waals surface area contributed by atoms with Crippen molar-refractivity contribution in [3.05, 3.63) is 0 Å². The molecule has 0 bridgehead atoms. The van der Waals surface area contributed by atoms with Crippen LogP contribution < -0.4 is 0 Å². The molecular weight excluding hydrogens is 164 g/mol. The first-order valence-electron chi connectivity index (χ1n) is 5.05. The van der Waals surface area contributed by atoms with Crippen molar-refractivity contribution in [2.45, 2.75) is 59.2 Å². The van der Waals surface area contributed by atoms with E-state index < -0.39 is 5.60 Å². The quantitative estimate of drug-likeness (QED) is 0.718. The Kier molecular flexibility index (Phi) is 4.40. The molecule has 0 amide bonds. The van der Waals surface area contributed by atoms with Gasteiger partial charge in [0, 0.05) is 5.92 Å². The Hall–Kier alpha value is -0.0800. The normalized spacial score (nSPS) is 15.9. The molecule has 0 aliphatic carbocycles. The van der Waals surface area contributed by atoms with Gasteiger partial charge < -0.3 is 9.84 Å². The van der Waals surface area contributed by atoms with Crippen LogP contribution in [0.4, 0.5) is 0 Å². The van der Waals surface area contributed by atoms with Crippen LogP contribution in [0.3, 0.4) is 0 Å². The van der Waals surface area contributed by atoms with E-state index in [1.807, 2.05) is 20.8 Å². The van der Waals surface area contributed by atoms with E-state index in [0.29, 0.717) is 6.61 Å². The molecule has 1 atom stereocenters. The molecule has 0 spiro atoms. The summed E-state index contributed by atoms with van der Waals surface area (Å²) in [6, 6.07) is 0. The molecule has 0 aromatic carbocycles. The number of aliphatic hydroxyl groups is 1. The zero-order valence-electron chi connectivity index (χ0n) is 9.85. The Morgan fingerprint density at radius 3 is 2.00 bits per heavy atom. The second-order valence-electron chi connectivity index (χ2n) is 4.98. The van der Waals surface area contributed by atoms with E-state index in [2.05, 4.69) is 20.8 Å². The Morgan fingerprint density at radius 1 is 1.23 bits per heavy atom. The smallest absolute Gasteiger partial charge is 0.0639 e. The van der Waals surface area contributed by atoms with Crippen molar-refractivity contribution in [1.29, 1.82) is 0 Å². The van der Waals surface area contributed by atoms with Gasteiger partial charge in [-0.15, -0.1) is 0 Å². The van der Waals surface area contributed by atoms with E-state index in [9.17, 15) is 5.11 Å². The fourth-order valence-corrected chi connectivity index (χ4v) is 0.657. The van der Waals surface area contributed by atoms with Gasteiger partial charge in [0.2, 0.25) is 0 Å². The molecule has 1 unspecified atom stereocenters. The van der Waals surface area contributed by atoms with Crippen LogP contribution in [0.1, 0.15) is 48.0 Å². The monoisotopic (exact) mass is 188 g/mol. The van der Waals surface area contributed by atoms with Crippen molar-refractivity contribution < 1.29 is 9.84 Å². The summed E-state index contributed by atoms with van der Waals surface area (Å²) in [7, 11) is 0. The van der Waals surface area contributed by atoms with E-state index >= 15 is 0 Å². The molecule has 2 heteroatoms. The molecule has 0 saturated carbocycles. The fraction of sp³-hybridized carbons (Fsp3) is 1.00. The predicted octanol–water partition coefficient (Wildman–Crippen LogP) is 2.60. The van der Waals surface area contributed by atoms with Gasteiger partial charge in [0.05, 0.1) is 17.8 Å². The summed E-state index contributed by atoms with van der Waals surface area (Å²) in [6.45, 7) is 12.5. The Labute approximate surface area is 82.3 Å². The summed E-state index contributed by atoms with van der Waals surface area (Å²) in [5, 5.41) is 9.68. The van der Waals surface area contributed by atoms with Gasteiger partial charge in [-0.3, -0.25) is 0 Å². The first-order chi connectivity index (χ1) is 5.69. The van der Waals surface area contributed by atoms with E-state index in [0.717, 1.165) is 6.42 Å². The first-order valence-corrected chi connectivity index (χ1v) is 5.05. The lowest BCUT2D eigenvalue weighted by Gasteiger charge is -2.30. The van der Waals surface area contributed by atoms with Gasteiger partial charge >= 0.3 is 0 Å². The highest BCUT2D eigenvalue weighted by Crippen LogP contribution is 2.20. The molecule has 0 aromatic rings. The van der Waals surface area contributed by atoms with E-state index in [1.54, 1.807) is 0 Å². The summed E-state index contributed by atoms with van der Waals surface area (Å²) in [4.78, 5) is 0. The van der Waals surface area contributed by atoms with Crippen LogP contribution in [-0.4, -0.2) is 22.9 Å². The summed E-state index contributed by atoms with van der Waals surface area (Å²) >= 11 is 0. The highest BCUT2D eigenvalue weighted by Gasteiger charge is 2.25. The third-order valence-electron chi connectivity index (χ3n) is 2.78. The van der Waals surface area contributed by atoms with Crippen molar-refractivity contribution >= 4 is 0 Å². The summed E-state index contributed by atoms with van der Waals surface area (Å²) in [5.41, 5.74) is -0.719. The summed E-state index contributed by atoms with van der Waals surface area (Å²) in [5.74, 6) is 0.165. The second kappa shape index (κ2) is 4.43. The molecule has 2 nitrogen and oxygen atoms in total. The van der Waals surface area contributed by atoms with Gasteiger partial charge in [-0.05, 0) is 34.1 Å². The standard InChI is InChI=1S/C11H24O2/c1-7-10(3,4)13-8-9(2)11(5,6)12/h9,12H,7-8H2,1-6H3. The van der Waals surface area contributed by atoms with Crippen LogP contribution in [0.5, 0.6) is 0 Å². The van der Waals surface area contributed by atoms with Gasteiger partial charge in [0.15, 0.2) is 0 Å². The summed E-state index contributed by atoms with van der Waals surface area (Å²) in [6.07, 6.45) is 0.992. The largest absolute Gasteiger partial charge is 0.390 e. The van der Waals surface area contributed by atoms with Crippen molar-refractivity contribution in [2.24, 2.45) is 5.92 Å². The molecule has 0 aliphatic rings. The van der Waals surface area contributed by atoms with Crippen molar-refractivity contribution in [3.63, 3.8) is 0 Å². The minimum atomic E-state index is -0.649. The summed E-state index contributed by atoms with van der Waals surface area (Å²) < 4.78 is 5.71. The van der Waals surface area contributed by atoms with Crippen LogP contribution in [0.2, 0.25) is 0 Å². The zero-order chi connectivity index (χ0) is 10.7. The zero-order valence-corrected chi connectivity index (χ0v) is 9.85. The maximum Gasteiger partial charge on any atom is 0.0639 e. The van der Waals surface area contributed by atoms with Gasteiger partial charge in [-0.1, -0.05) is 13.8 Å². The van der Waals surface area contributed by atoms with E-state index in [1.165, 1.54) is 0 Å². The maximum absolute atomic E-state index is 9.68. The number of hydrogen-bond acceptors (Lipinski definition) is 2. The molecule has 0 rings (SSSR count). The number of ether oxygens (including phenoxy) is 1. The van der Waals surface area contributed by atoms with Crippen LogP contribution in [0.25, 0.3) is 0 Å². The lowest BCUT2D eigenvalue weighted by atomic mass is 9.93. The molecule has 1 N–H and O–H groups in total. The molecule has 0 aromatic heterocycles. The van der Waals surface area contributed by atoms with Gasteiger partial charge in [-0.2, -0.15) is 0 Å². The molecule has 0 heterocycles. The van der Waals surface area contributed by atoms with Crippen molar-refractivity contribution in [2.75, 3.05) is 6.61 Å². The first kappa shape index (κ1) is 12.9. The minimum absolute atomic E-state index is 0.0699. The second-order valence-corrected chi connectivity index (χ2v) is 4.98. The van der Waals surface area contributed by atoms with Crippen molar-refractivity contribution in [3.8, 4) is 0 Å². The van der Waals surface area contributed by atoms with Gasteiger partial charge in [0.1, 0.15) is 0 Å². The van der Waals surface area contributed by atoms with E-state index in [-0.39, 0.29) is 11.5 Å². The molecule has 13 heavy (non-hydrogen) atoms. The average Bonchev–Trinajstić information content (AvgIpc) is 1.98. The molecule has 0 fully saturated rings. The molecular formula is C11H24O2. The highest BCUT2D eigenvalue weighted by atomic mass is 16.5. The van der Waals surface area contributed by atoms with E-state index in [4.69, 9.17) is 4.74 Å². The third-order valence-corrected chi connectivity index (χ3v) is 2.78. The SMILES string of the molecule is CCC(C)(C)OCC(C)C(C)(C)O. The van der Waals surface area contributed by atoms with Crippen LogP contribution in [0.15, 0.2) is 0 Å². The number of rotatable bonds is 5. The Balaban J connectivity index is 3.90. The lowest BCUT2D eigenvalue weighted by Crippen LogP contribution is -2.35. The Bertz CT molecular complexity index is 145. The molecule has 0 aliphatic heterocycles. The predicted molar refractivity (Wildman–Crippen MR) is 55.8 cm³/mol. The fourth-order valence-electron chi connectivity index (χ4n) is 0.657. The Morgan fingerprint density at radius 2 is 1.69 bits per heavy atom. The highest BCUT2D eigenvalue weighted by molar-refractivity contribution is 4.75. The van der Waals surface area contributed by atoms with Crippen LogP contribution in [0, 0.1) is 5.92 Å². The van der Waals surface area contributed by atoms with Crippen LogP contribution in [-0.2, 0) is 4.74 Å². The van der Waals surface area contributed by atoms with Crippen molar-refractivity contribution in [1.82, 2.24) is 0 Å². The average molecular weight is 188 g/mol. The lowest BCUT2D eigenvalue weighted by molar-refractivity contribution is -0.0781. The topological polar surface area (TPSA) is 29.5 Å². The minimum Gasteiger partial charge on any atom is -0.390 e. The van der Waals surface area contributed by atoms with Crippen LogP contribution >= 0.6 is 0 Å². The molecule has 0 radical (unpaired) electrons. The molecule has 0 saturated heterocycles. The van der Waals surface area contributed by atoms with Gasteiger partial charge in [-0.25, -0.2) is 0 Å². The third kappa shape index (κ3) is 5.27. The maximum atomic E-state index is 9.68.